The lowest BCUT2D eigenvalue weighted by atomic mass is 10.0. The van der Waals surface area contributed by atoms with Crippen molar-refractivity contribution in [3.63, 3.8) is 0 Å². The third-order valence-electron chi connectivity index (χ3n) is 5.49. The summed E-state index contributed by atoms with van der Waals surface area (Å²) in [6.07, 6.45) is 0.925. The van der Waals surface area contributed by atoms with Gasteiger partial charge in [-0.3, -0.25) is 4.79 Å². The highest BCUT2D eigenvalue weighted by molar-refractivity contribution is 8.00. The molecule has 0 saturated heterocycles. The zero-order valence-electron chi connectivity index (χ0n) is 15.9. The van der Waals surface area contributed by atoms with Gasteiger partial charge in [0.05, 0.1) is 5.02 Å². The molecule has 1 saturated carbocycles. The second-order valence-corrected chi connectivity index (χ2v) is 9.08. The summed E-state index contributed by atoms with van der Waals surface area (Å²) >= 11 is 7.84. The third kappa shape index (κ3) is 4.73. The van der Waals surface area contributed by atoms with Crippen LogP contribution in [0.1, 0.15) is 30.6 Å². The van der Waals surface area contributed by atoms with E-state index in [-0.39, 0.29) is 29.0 Å². The van der Waals surface area contributed by atoms with Crippen molar-refractivity contribution in [2.24, 2.45) is 17.8 Å². The van der Waals surface area contributed by atoms with Gasteiger partial charge in [-0.05, 0) is 42.4 Å². The number of nitrogens with one attached hydrogen (secondary N) is 1. The number of benzene rings is 2. The molecule has 4 unspecified atom stereocenters. The maximum Gasteiger partial charge on any atom is 0.255 e. The minimum absolute atomic E-state index is 0.0891. The smallest absolute Gasteiger partial charge is 0.255 e. The van der Waals surface area contributed by atoms with Crippen molar-refractivity contribution in [2.45, 2.75) is 30.4 Å². The highest BCUT2D eigenvalue weighted by Crippen LogP contribution is 2.47. The maximum atomic E-state index is 13.4. The Hall–Kier alpha value is -1.70. The highest BCUT2D eigenvalue weighted by Gasteiger charge is 2.38. The predicted octanol–water partition coefficient (Wildman–Crippen LogP) is 5.75. The van der Waals surface area contributed by atoms with E-state index in [1.807, 2.05) is 0 Å². The molecule has 0 bridgehead atoms. The Kier molecular flexibility index (Phi) is 6.81. The van der Waals surface area contributed by atoms with Crippen LogP contribution in [0, 0.1) is 35.2 Å². The first-order valence-electron chi connectivity index (χ1n) is 9.24. The van der Waals surface area contributed by atoms with Crippen LogP contribution < -0.4 is 5.32 Å². The van der Waals surface area contributed by atoms with Crippen molar-refractivity contribution in [3.8, 4) is 0 Å². The van der Waals surface area contributed by atoms with E-state index in [2.05, 4.69) is 19.2 Å². The zero-order chi connectivity index (χ0) is 21.3. The fraction of sp³-hybridized carbons (Fsp3) is 0.381. The van der Waals surface area contributed by atoms with Gasteiger partial charge in [0.1, 0.15) is 0 Å². The van der Waals surface area contributed by atoms with Crippen molar-refractivity contribution in [1.29, 1.82) is 0 Å². The van der Waals surface area contributed by atoms with Crippen LogP contribution in [0.5, 0.6) is 0 Å². The molecule has 8 heteroatoms. The molecular formula is C21H21ClF3NO2S. The summed E-state index contributed by atoms with van der Waals surface area (Å²) < 4.78 is 39.8. The molecule has 2 aromatic carbocycles. The van der Waals surface area contributed by atoms with Gasteiger partial charge in [0, 0.05) is 40.1 Å². The van der Waals surface area contributed by atoms with Gasteiger partial charge in [-0.1, -0.05) is 25.4 Å². The van der Waals surface area contributed by atoms with E-state index in [0.29, 0.717) is 21.8 Å². The minimum Gasteiger partial charge on any atom is -0.396 e. The van der Waals surface area contributed by atoms with Crippen LogP contribution >= 0.6 is 23.4 Å². The number of hydrogen-bond donors (Lipinski definition) is 2. The molecule has 29 heavy (non-hydrogen) atoms. The number of aliphatic hydroxyl groups is 1. The zero-order valence-corrected chi connectivity index (χ0v) is 17.5. The van der Waals surface area contributed by atoms with Gasteiger partial charge in [-0.25, -0.2) is 13.2 Å². The summed E-state index contributed by atoms with van der Waals surface area (Å²) in [4.78, 5) is 13.2. The second-order valence-electron chi connectivity index (χ2n) is 7.45. The Morgan fingerprint density at radius 1 is 1.21 bits per heavy atom. The Labute approximate surface area is 176 Å². The van der Waals surface area contributed by atoms with E-state index in [1.165, 1.54) is 17.8 Å². The first-order valence-corrected chi connectivity index (χ1v) is 10.5. The molecule has 1 aliphatic carbocycles. The van der Waals surface area contributed by atoms with E-state index in [1.54, 1.807) is 12.1 Å². The van der Waals surface area contributed by atoms with Gasteiger partial charge in [-0.2, -0.15) is 0 Å². The monoisotopic (exact) mass is 443 g/mol. The second kappa shape index (κ2) is 8.98. The number of hydrogen-bond acceptors (Lipinski definition) is 3. The van der Waals surface area contributed by atoms with Crippen LogP contribution in [0.25, 0.3) is 0 Å². The lowest BCUT2D eigenvalue weighted by molar-refractivity contribution is 0.102. The van der Waals surface area contributed by atoms with Crippen molar-refractivity contribution >= 4 is 35.0 Å². The molecule has 0 aliphatic heterocycles. The maximum absolute atomic E-state index is 13.4. The number of carbonyl (C=O) groups excluding carboxylic acids is 1. The quantitative estimate of drug-likeness (QED) is 0.578. The molecular weight excluding hydrogens is 423 g/mol. The summed E-state index contributed by atoms with van der Waals surface area (Å²) in [6.45, 7) is 4.38. The van der Waals surface area contributed by atoms with Crippen molar-refractivity contribution < 1.29 is 23.1 Å². The lowest BCUT2D eigenvalue weighted by Gasteiger charge is -2.22. The largest absolute Gasteiger partial charge is 0.396 e. The summed E-state index contributed by atoms with van der Waals surface area (Å²) in [7, 11) is 0. The molecule has 2 aromatic rings. The van der Waals surface area contributed by atoms with Gasteiger partial charge in [-0.15, -0.1) is 11.8 Å². The van der Waals surface area contributed by atoms with Gasteiger partial charge >= 0.3 is 0 Å². The summed E-state index contributed by atoms with van der Waals surface area (Å²) in [6, 6.07) is 6.14. The Balaban J connectivity index is 1.80. The molecule has 156 valence electrons. The van der Waals surface area contributed by atoms with E-state index in [4.69, 9.17) is 11.6 Å². The van der Waals surface area contributed by atoms with E-state index in [0.717, 1.165) is 18.6 Å². The van der Waals surface area contributed by atoms with E-state index in [9.17, 15) is 23.1 Å². The molecule has 1 amide bonds. The fourth-order valence-electron chi connectivity index (χ4n) is 3.67. The number of thioether (sulfide) groups is 1. The SMILES string of the molecule is CC1CC(CO)C(Sc2cc(C(=O)Nc3cc(F)c(F)c(F)c3)ccc2Cl)C1C. The number of amides is 1. The lowest BCUT2D eigenvalue weighted by Crippen LogP contribution is -2.20. The van der Waals surface area contributed by atoms with Crippen molar-refractivity contribution in [1.82, 2.24) is 0 Å². The third-order valence-corrected chi connectivity index (χ3v) is 7.61. The van der Waals surface area contributed by atoms with Crippen LogP contribution in [0.4, 0.5) is 18.9 Å². The van der Waals surface area contributed by atoms with Crippen molar-refractivity contribution in [3.05, 3.63) is 58.4 Å². The molecule has 0 spiro atoms. The number of rotatable bonds is 5. The molecule has 4 atom stereocenters. The van der Waals surface area contributed by atoms with Gasteiger partial charge in [0.2, 0.25) is 0 Å². The summed E-state index contributed by atoms with van der Waals surface area (Å²) in [5, 5.41) is 12.7. The first kappa shape index (κ1) is 22.0. The van der Waals surface area contributed by atoms with Crippen LogP contribution in [0.15, 0.2) is 35.2 Å². The van der Waals surface area contributed by atoms with Crippen LogP contribution in [0.3, 0.4) is 0 Å². The molecule has 3 rings (SSSR count). The molecule has 0 heterocycles. The van der Waals surface area contributed by atoms with Crippen LogP contribution in [0.2, 0.25) is 5.02 Å². The molecule has 0 radical (unpaired) electrons. The van der Waals surface area contributed by atoms with E-state index < -0.39 is 23.4 Å². The number of halogens is 4. The molecule has 0 aromatic heterocycles. The fourth-order valence-corrected chi connectivity index (χ4v) is 5.47. The van der Waals surface area contributed by atoms with Crippen molar-refractivity contribution in [2.75, 3.05) is 11.9 Å². The normalized spacial score (nSPS) is 24.0. The minimum atomic E-state index is -1.59. The van der Waals surface area contributed by atoms with E-state index >= 15 is 0 Å². The number of anilines is 1. The number of carbonyl (C=O) groups is 1. The molecule has 1 fully saturated rings. The number of aliphatic hydroxyl groups excluding tert-OH is 1. The Bertz CT molecular complexity index is 904. The summed E-state index contributed by atoms with van der Waals surface area (Å²) in [5.41, 5.74) is 0.0652. The Morgan fingerprint density at radius 2 is 1.86 bits per heavy atom. The molecule has 2 N–H and O–H groups in total. The average molecular weight is 444 g/mol. The highest BCUT2D eigenvalue weighted by atomic mass is 35.5. The topological polar surface area (TPSA) is 49.3 Å². The standard InChI is InChI=1S/C21H21ClF3NO2S/c1-10-5-13(9-27)20(11(10)2)29-18-6-12(3-4-15(18)22)21(28)26-14-7-16(23)19(25)17(24)8-14/h3-4,6-8,10-11,13,20,27H,5,9H2,1-2H3,(H,26,28). The van der Waals surface area contributed by atoms with Gasteiger partial charge < -0.3 is 10.4 Å². The van der Waals surface area contributed by atoms with Crippen LogP contribution in [-0.4, -0.2) is 22.9 Å². The Morgan fingerprint density at radius 3 is 2.48 bits per heavy atom. The summed E-state index contributed by atoms with van der Waals surface area (Å²) in [5.74, 6) is -3.97. The van der Waals surface area contributed by atoms with Gasteiger partial charge in [0.15, 0.2) is 17.5 Å². The molecule has 1 aliphatic rings. The first-order chi connectivity index (χ1) is 13.7. The van der Waals surface area contributed by atoms with Crippen LogP contribution in [-0.2, 0) is 0 Å². The average Bonchev–Trinajstić information content (AvgIpc) is 2.95. The predicted molar refractivity (Wildman–Crippen MR) is 109 cm³/mol. The molecule has 3 nitrogen and oxygen atoms in total. The van der Waals surface area contributed by atoms with Gasteiger partial charge in [0.25, 0.3) is 5.91 Å².